The molecule has 0 spiro atoms. The predicted octanol–water partition coefficient (Wildman–Crippen LogP) is 4.24. The summed E-state index contributed by atoms with van der Waals surface area (Å²) in [5.74, 6) is 0. The summed E-state index contributed by atoms with van der Waals surface area (Å²) in [4.78, 5) is 0.188. The van der Waals surface area contributed by atoms with Gasteiger partial charge in [-0.15, -0.1) is 5.10 Å². The Morgan fingerprint density at radius 2 is 1.67 bits per heavy atom. The number of halogens is 2. The summed E-state index contributed by atoms with van der Waals surface area (Å²) >= 11 is 6.75. The van der Waals surface area contributed by atoms with Crippen LogP contribution in [0.3, 0.4) is 0 Å². The molecule has 124 valence electrons. The minimum Gasteiger partial charge on any atom is -0.217 e. The van der Waals surface area contributed by atoms with Gasteiger partial charge >= 0.3 is 0 Å². The molecule has 3 rings (SSSR count). The molecule has 0 saturated carbocycles. The average Bonchev–Trinajstić information content (AvgIpc) is 2.93. The van der Waals surface area contributed by atoms with Gasteiger partial charge in [-0.1, -0.05) is 37.1 Å². The minimum atomic E-state index is -3.72. The van der Waals surface area contributed by atoms with Gasteiger partial charge in [-0.05, 0) is 61.9 Å². The van der Waals surface area contributed by atoms with Crippen LogP contribution in [0.25, 0.3) is 5.69 Å². The minimum absolute atomic E-state index is 0.0367. The summed E-state index contributed by atoms with van der Waals surface area (Å²) in [5, 5.41) is 7.91. The zero-order valence-electron chi connectivity index (χ0n) is 12.9. The standard InChI is InChI=1S/C16H13Br2N3O2S/c1-10-9-13(5-8-15(10)18)21-11(2)16(19-20-21)24(22,23)14-6-3-12(17)4-7-14/h3-9H,1-2H3. The van der Waals surface area contributed by atoms with Crippen LogP contribution in [0.2, 0.25) is 0 Å². The Morgan fingerprint density at radius 1 is 1.00 bits per heavy atom. The molecule has 0 radical (unpaired) electrons. The van der Waals surface area contributed by atoms with E-state index in [0.29, 0.717) is 5.69 Å². The Kier molecular flexibility index (Phi) is 4.63. The quantitative estimate of drug-likeness (QED) is 0.574. The highest BCUT2D eigenvalue weighted by molar-refractivity contribution is 9.10. The van der Waals surface area contributed by atoms with Crippen LogP contribution in [-0.2, 0) is 9.84 Å². The summed E-state index contributed by atoms with van der Waals surface area (Å²) in [6.07, 6.45) is 0. The molecule has 3 aromatic rings. The van der Waals surface area contributed by atoms with E-state index in [0.717, 1.165) is 20.2 Å². The lowest BCUT2D eigenvalue weighted by molar-refractivity contribution is 0.591. The average molecular weight is 471 g/mol. The molecular weight excluding hydrogens is 458 g/mol. The first-order chi connectivity index (χ1) is 11.3. The Morgan fingerprint density at radius 3 is 2.29 bits per heavy atom. The molecule has 1 heterocycles. The van der Waals surface area contributed by atoms with Crippen LogP contribution >= 0.6 is 31.9 Å². The maximum Gasteiger partial charge on any atom is 0.227 e. The van der Waals surface area contributed by atoms with Crippen molar-refractivity contribution < 1.29 is 8.42 Å². The number of benzene rings is 2. The highest BCUT2D eigenvalue weighted by Crippen LogP contribution is 2.26. The van der Waals surface area contributed by atoms with E-state index in [4.69, 9.17) is 0 Å². The van der Waals surface area contributed by atoms with Crippen molar-refractivity contribution in [3.63, 3.8) is 0 Å². The number of aryl methyl sites for hydroxylation is 1. The normalized spacial score (nSPS) is 11.7. The van der Waals surface area contributed by atoms with Crippen molar-refractivity contribution in [1.29, 1.82) is 0 Å². The van der Waals surface area contributed by atoms with Gasteiger partial charge in [-0.25, -0.2) is 13.1 Å². The molecule has 0 atom stereocenters. The fraction of sp³-hybridized carbons (Fsp3) is 0.125. The fourth-order valence-corrected chi connectivity index (χ4v) is 4.14. The van der Waals surface area contributed by atoms with Gasteiger partial charge in [-0.3, -0.25) is 0 Å². The first-order valence-corrected chi connectivity index (χ1v) is 10.1. The van der Waals surface area contributed by atoms with Crippen LogP contribution in [0, 0.1) is 13.8 Å². The Bertz CT molecular complexity index is 1010. The molecule has 24 heavy (non-hydrogen) atoms. The number of nitrogens with zero attached hydrogens (tertiary/aromatic N) is 3. The molecule has 2 aromatic carbocycles. The van der Waals surface area contributed by atoms with Gasteiger partial charge in [0.25, 0.3) is 0 Å². The zero-order chi connectivity index (χ0) is 17.5. The second-order valence-electron chi connectivity index (χ2n) is 5.28. The van der Waals surface area contributed by atoms with E-state index >= 15 is 0 Å². The Balaban J connectivity index is 2.09. The maximum atomic E-state index is 12.8. The van der Waals surface area contributed by atoms with Gasteiger partial charge in [0.15, 0.2) is 0 Å². The highest BCUT2D eigenvalue weighted by Gasteiger charge is 2.25. The molecule has 8 heteroatoms. The Labute approximate surface area is 156 Å². The molecule has 0 unspecified atom stereocenters. The van der Waals surface area contributed by atoms with E-state index in [9.17, 15) is 8.42 Å². The molecule has 0 aliphatic carbocycles. The molecule has 0 N–H and O–H groups in total. The number of rotatable bonds is 3. The molecule has 1 aromatic heterocycles. The summed E-state index contributed by atoms with van der Waals surface area (Å²) < 4.78 is 28.9. The molecule has 5 nitrogen and oxygen atoms in total. The van der Waals surface area contributed by atoms with Gasteiger partial charge < -0.3 is 0 Å². The molecule has 0 saturated heterocycles. The maximum absolute atomic E-state index is 12.8. The van der Waals surface area contributed by atoms with Crippen molar-refractivity contribution in [2.45, 2.75) is 23.8 Å². The lowest BCUT2D eigenvalue weighted by atomic mass is 10.2. The molecule has 0 aliphatic heterocycles. The van der Waals surface area contributed by atoms with Crippen LogP contribution in [0.5, 0.6) is 0 Å². The van der Waals surface area contributed by atoms with Crippen molar-refractivity contribution in [1.82, 2.24) is 15.0 Å². The lowest BCUT2D eigenvalue weighted by Gasteiger charge is -2.06. The second kappa shape index (κ2) is 6.42. The third kappa shape index (κ3) is 3.05. The molecular formula is C16H13Br2N3O2S. The van der Waals surface area contributed by atoms with Crippen LogP contribution in [0.4, 0.5) is 0 Å². The third-order valence-electron chi connectivity index (χ3n) is 3.62. The van der Waals surface area contributed by atoms with E-state index in [1.807, 2.05) is 25.1 Å². The zero-order valence-corrected chi connectivity index (χ0v) is 16.9. The van der Waals surface area contributed by atoms with Gasteiger partial charge in [0, 0.05) is 8.95 Å². The lowest BCUT2D eigenvalue weighted by Crippen LogP contribution is -2.05. The number of aromatic nitrogens is 3. The topological polar surface area (TPSA) is 64.8 Å². The predicted molar refractivity (Wildman–Crippen MR) is 98.1 cm³/mol. The monoisotopic (exact) mass is 469 g/mol. The number of hydrogen-bond donors (Lipinski definition) is 0. The first kappa shape index (κ1) is 17.3. The molecule has 0 amide bonds. The fourth-order valence-electron chi connectivity index (χ4n) is 2.29. The highest BCUT2D eigenvalue weighted by atomic mass is 79.9. The second-order valence-corrected chi connectivity index (χ2v) is 8.92. The van der Waals surface area contributed by atoms with Crippen LogP contribution < -0.4 is 0 Å². The van der Waals surface area contributed by atoms with Gasteiger partial charge in [0.1, 0.15) is 0 Å². The van der Waals surface area contributed by atoms with Gasteiger partial charge in [-0.2, -0.15) is 0 Å². The van der Waals surface area contributed by atoms with Gasteiger partial charge in [0.2, 0.25) is 14.9 Å². The van der Waals surface area contributed by atoms with E-state index < -0.39 is 9.84 Å². The SMILES string of the molecule is Cc1cc(-n2nnc(S(=O)(=O)c3ccc(Br)cc3)c2C)ccc1Br. The van der Waals surface area contributed by atoms with E-state index in [-0.39, 0.29) is 9.92 Å². The first-order valence-electron chi connectivity index (χ1n) is 7.00. The van der Waals surface area contributed by atoms with E-state index in [1.54, 1.807) is 31.2 Å². The van der Waals surface area contributed by atoms with E-state index in [2.05, 4.69) is 42.2 Å². The molecule has 0 aliphatic rings. The summed E-state index contributed by atoms with van der Waals surface area (Å²) in [6.45, 7) is 3.66. The van der Waals surface area contributed by atoms with Crippen LogP contribution in [0.15, 0.2) is 61.3 Å². The summed E-state index contributed by atoms with van der Waals surface area (Å²) in [6, 6.07) is 12.1. The van der Waals surface area contributed by atoms with Crippen molar-refractivity contribution in [2.24, 2.45) is 0 Å². The van der Waals surface area contributed by atoms with Crippen LogP contribution in [0.1, 0.15) is 11.3 Å². The summed E-state index contributed by atoms with van der Waals surface area (Å²) in [5.41, 5.74) is 2.26. The van der Waals surface area contributed by atoms with Crippen molar-refractivity contribution in [2.75, 3.05) is 0 Å². The van der Waals surface area contributed by atoms with Crippen molar-refractivity contribution >= 4 is 41.7 Å². The third-order valence-corrected chi connectivity index (χ3v) is 6.81. The smallest absolute Gasteiger partial charge is 0.217 e. The summed E-state index contributed by atoms with van der Waals surface area (Å²) in [7, 11) is -3.72. The Hall–Kier alpha value is -1.51. The molecule has 0 fully saturated rings. The van der Waals surface area contributed by atoms with Crippen LogP contribution in [-0.4, -0.2) is 23.4 Å². The van der Waals surface area contributed by atoms with Crippen molar-refractivity contribution in [3.8, 4) is 5.69 Å². The number of sulfone groups is 1. The number of hydrogen-bond acceptors (Lipinski definition) is 4. The molecule has 0 bridgehead atoms. The van der Waals surface area contributed by atoms with Crippen molar-refractivity contribution in [3.05, 3.63) is 62.7 Å². The van der Waals surface area contributed by atoms with E-state index in [1.165, 1.54) is 4.68 Å². The largest absolute Gasteiger partial charge is 0.227 e. The van der Waals surface area contributed by atoms with Gasteiger partial charge in [0.05, 0.1) is 16.3 Å².